The van der Waals surface area contributed by atoms with Crippen LogP contribution in [0.1, 0.15) is 36.8 Å². The molecular weight excluding hydrogens is 305 g/mol. The van der Waals surface area contributed by atoms with Gasteiger partial charge < -0.3 is 5.32 Å². The summed E-state index contributed by atoms with van der Waals surface area (Å²) in [4.78, 5) is 14.1. The Morgan fingerprint density at radius 1 is 1.22 bits per heavy atom. The van der Waals surface area contributed by atoms with E-state index in [0.29, 0.717) is 12.6 Å². The van der Waals surface area contributed by atoms with Crippen LogP contribution in [-0.2, 0) is 17.5 Å². The molecule has 1 saturated heterocycles. The van der Waals surface area contributed by atoms with Gasteiger partial charge >= 0.3 is 6.18 Å². The fraction of sp³-hybridized carbons (Fsp3) is 0.588. The van der Waals surface area contributed by atoms with Crippen molar-refractivity contribution in [3.05, 3.63) is 35.4 Å². The molecule has 1 heterocycles. The number of piperidine rings is 1. The second kappa shape index (κ2) is 6.51. The molecule has 0 aromatic heterocycles. The van der Waals surface area contributed by atoms with Gasteiger partial charge in [-0.3, -0.25) is 9.69 Å². The highest BCUT2D eigenvalue weighted by Crippen LogP contribution is 2.33. The van der Waals surface area contributed by atoms with Crippen LogP contribution >= 0.6 is 0 Å². The van der Waals surface area contributed by atoms with E-state index in [1.165, 1.54) is 12.1 Å². The van der Waals surface area contributed by atoms with Gasteiger partial charge in [-0.05, 0) is 43.9 Å². The van der Waals surface area contributed by atoms with Crippen LogP contribution in [0.25, 0.3) is 0 Å². The molecule has 3 nitrogen and oxygen atoms in total. The number of halogens is 3. The first kappa shape index (κ1) is 16.3. The van der Waals surface area contributed by atoms with Crippen LogP contribution in [-0.4, -0.2) is 29.9 Å². The van der Waals surface area contributed by atoms with Crippen LogP contribution in [0.4, 0.5) is 13.2 Å². The maximum atomic E-state index is 13.1. The summed E-state index contributed by atoms with van der Waals surface area (Å²) >= 11 is 0. The predicted octanol–water partition coefficient (Wildman–Crippen LogP) is 3.20. The van der Waals surface area contributed by atoms with Gasteiger partial charge in [0, 0.05) is 19.1 Å². The zero-order chi connectivity index (χ0) is 16.4. The van der Waals surface area contributed by atoms with E-state index in [2.05, 4.69) is 5.32 Å². The third-order valence-electron chi connectivity index (χ3n) is 4.52. The van der Waals surface area contributed by atoms with E-state index in [0.717, 1.165) is 38.3 Å². The Hall–Kier alpha value is -1.56. The summed E-state index contributed by atoms with van der Waals surface area (Å²) in [5.74, 6) is -0.0521. The van der Waals surface area contributed by atoms with E-state index in [1.807, 2.05) is 4.90 Å². The summed E-state index contributed by atoms with van der Waals surface area (Å²) in [5, 5.41) is 3.00. The van der Waals surface area contributed by atoms with Crippen molar-refractivity contribution in [3.8, 4) is 0 Å². The monoisotopic (exact) mass is 326 g/mol. The highest BCUT2D eigenvalue weighted by Gasteiger charge is 2.34. The number of carbonyl (C=O) groups is 1. The number of rotatable bonds is 4. The first-order valence-electron chi connectivity index (χ1n) is 8.11. The minimum absolute atomic E-state index is 0.0568. The fourth-order valence-corrected chi connectivity index (χ4v) is 3.14. The van der Waals surface area contributed by atoms with Crippen molar-refractivity contribution in [2.45, 2.75) is 44.4 Å². The molecule has 126 valence electrons. The Balaban J connectivity index is 1.64. The summed E-state index contributed by atoms with van der Waals surface area (Å²) in [6, 6.07) is 6.01. The summed E-state index contributed by atoms with van der Waals surface area (Å²) in [6.07, 6.45) is -0.593. The first-order chi connectivity index (χ1) is 10.9. The molecule has 0 bridgehead atoms. The maximum absolute atomic E-state index is 13.1. The zero-order valence-electron chi connectivity index (χ0n) is 12.9. The van der Waals surface area contributed by atoms with Gasteiger partial charge in [-0.2, -0.15) is 13.2 Å². The molecule has 1 aromatic rings. The van der Waals surface area contributed by atoms with E-state index in [9.17, 15) is 18.0 Å². The normalized spacial score (nSPS) is 22.8. The lowest BCUT2D eigenvalue weighted by molar-refractivity contribution is -0.138. The number of benzene rings is 1. The van der Waals surface area contributed by atoms with Gasteiger partial charge in [0.1, 0.15) is 0 Å². The van der Waals surface area contributed by atoms with Crippen molar-refractivity contribution in [2.24, 2.45) is 5.92 Å². The number of nitrogens with zero attached hydrogens (tertiary/aromatic N) is 1. The molecule has 2 fully saturated rings. The molecule has 1 amide bonds. The van der Waals surface area contributed by atoms with E-state index >= 15 is 0 Å². The summed E-state index contributed by atoms with van der Waals surface area (Å²) < 4.78 is 39.2. The quantitative estimate of drug-likeness (QED) is 0.921. The molecule has 1 unspecified atom stereocenters. The molecule has 3 rings (SSSR count). The van der Waals surface area contributed by atoms with Crippen molar-refractivity contribution in [3.63, 3.8) is 0 Å². The van der Waals surface area contributed by atoms with E-state index in [4.69, 9.17) is 0 Å². The second-order valence-corrected chi connectivity index (χ2v) is 6.51. The van der Waals surface area contributed by atoms with Crippen molar-refractivity contribution in [1.29, 1.82) is 0 Å². The first-order valence-corrected chi connectivity index (χ1v) is 8.11. The van der Waals surface area contributed by atoms with E-state index in [1.54, 1.807) is 6.07 Å². The molecule has 1 aromatic carbocycles. The Bertz CT molecular complexity index is 569. The van der Waals surface area contributed by atoms with Crippen LogP contribution in [0.5, 0.6) is 0 Å². The maximum Gasteiger partial charge on any atom is 0.416 e. The molecule has 23 heavy (non-hydrogen) atoms. The predicted molar refractivity (Wildman–Crippen MR) is 80.6 cm³/mol. The van der Waals surface area contributed by atoms with Crippen LogP contribution in [0.15, 0.2) is 24.3 Å². The summed E-state index contributed by atoms with van der Waals surface area (Å²) in [6.45, 7) is 1.51. The molecule has 0 radical (unpaired) electrons. The molecule has 1 aliphatic carbocycles. The number of carbonyl (C=O) groups excluding carboxylic acids is 1. The summed E-state index contributed by atoms with van der Waals surface area (Å²) in [5.41, 5.74) is -0.298. The molecule has 1 aliphatic heterocycles. The average Bonchev–Trinajstić information content (AvgIpc) is 3.31. The standard InChI is InChI=1S/C17H21F3N2O/c18-17(19,20)15-6-2-1-4-12(15)10-22-9-3-5-13(11-22)16(23)21-14-7-8-14/h1-2,4,6,13-14H,3,5,7-11H2,(H,21,23). The van der Waals surface area contributed by atoms with Crippen molar-refractivity contribution >= 4 is 5.91 Å². The number of amides is 1. The molecule has 6 heteroatoms. The van der Waals surface area contributed by atoms with Gasteiger partial charge in [0.15, 0.2) is 0 Å². The van der Waals surface area contributed by atoms with Gasteiger partial charge in [0.2, 0.25) is 5.91 Å². The van der Waals surface area contributed by atoms with Gasteiger partial charge in [0.05, 0.1) is 11.5 Å². The SMILES string of the molecule is O=C(NC1CC1)C1CCCN(Cc2ccccc2C(F)(F)F)C1. The molecule has 1 atom stereocenters. The molecule has 2 aliphatic rings. The van der Waals surface area contributed by atoms with Crippen LogP contribution in [0, 0.1) is 5.92 Å². The minimum Gasteiger partial charge on any atom is -0.353 e. The topological polar surface area (TPSA) is 32.3 Å². The largest absolute Gasteiger partial charge is 0.416 e. The second-order valence-electron chi connectivity index (χ2n) is 6.51. The number of hydrogen-bond donors (Lipinski definition) is 1. The molecule has 1 saturated carbocycles. The van der Waals surface area contributed by atoms with Crippen LogP contribution in [0.3, 0.4) is 0 Å². The Labute approximate surface area is 133 Å². The molecule has 0 spiro atoms. The highest BCUT2D eigenvalue weighted by molar-refractivity contribution is 5.79. The Morgan fingerprint density at radius 2 is 1.96 bits per heavy atom. The minimum atomic E-state index is -4.34. The van der Waals surface area contributed by atoms with Gasteiger partial charge in [0.25, 0.3) is 0 Å². The molecule has 1 N–H and O–H groups in total. The lowest BCUT2D eigenvalue weighted by atomic mass is 9.96. The Kier molecular flexibility index (Phi) is 4.62. The third-order valence-corrected chi connectivity index (χ3v) is 4.52. The highest BCUT2D eigenvalue weighted by atomic mass is 19.4. The number of hydrogen-bond acceptors (Lipinski definition) is 2. The smallest absolute Gasteiger partial charge is 0.353 e. The van der Waals surface area contributed by atoms with Gasteiger partial charge in [-0.25, -0.2) is 0 Å². The van der Waals surface area contributed by atoms with E-state index in [-0.39, 0.29) is 23.9 Å². The lowest BCUT2D eigenvalue weighted by Crippen LogP contribution is -2.43. The lowest BCUT2D eigenvalue weighted by Gasteiger charge is -2.32. The van der Waals surface area contributed by atoms with Gasteiger partial charge in [-0.15, -0.1) is 0 Å². The third kappa shape index (κ3) is 4.25. The number of nitrogens with one attached hydrogen (secondary N) is 1. The van der Waals surface area contributed by atoms with Crippen molar-refractivity contribution < 1.29 is 18.0 Å². The van der Waals surface area contributed by atoms with Gasteiger partial charge in [-0.1, -0.05) is 18.2 Å². The van der Waals surface area contributed by atoms with Crippen LogP contribution < -0.4 is 5.32 Å². The molecular formula is C17H21F3N2O. The zero-order valence-corrected chi connectivity index (χ0v) is 12.9. The van der Waals surface area contributed by atoms with Crippen molar-refractivity contribution in [1.82, 2.24) is 10.2 Å². The average molecular weight is 326 g/mol. The fourth-order valence-electron chi connectivity index (χ4n) is 3.14. The van der Waals surface area contributed by atoms with Crippen LogP contribution in [0.2, 0.25) is 0 Å². The number of alkyl halides is 3. The van der Waals surface area contributed by atoms with E-state index < -0.39 is 11.7 Å². The summed E-state index contributed by atoms with van der Waals surface area (Å²) in [7, 11) is 0. The van der Waals surface area contributed by atoms with Crippen molar-refractivity contribution in [2.75, 3.05) is 13.1 Å². The Morgan fingerprint density at radius 3 is 2.65 bits per heavy atom. The number of likely N-dealkylation sites (tertiary alicyclic amines) is 1.